The monoisotopic (exact) mass is 247 g/mol. The molecule has 98 valence electrons. The molecular formula is C14H21N3O. The SMILES string of the molecule is Cc1nc2cc(N(C)CC(C)(C)CN)ccc2o1. The average Bonchev–Trinajstić information content (AvgIpc) is 2.67. The Balaban J connectivity index is 2.25. The van der Waals surface area contributed by atoms with Crippen LogP contribution >= 0.6 is 0 Å². The molecule has 0 aliphatic heterocycles. The summed E-state index contributed by atoms with van der Waals surface area (Å²) in [6, 6.07) is 6.08. The number of hydrogen-bond acceptors (Lipinski definition) is 4. The second-order valence-corrected chi connectivity index (χ2v) is 5.61. The highest BCUT2D eigenvalue weighted by atomic mass is 16.3. The summed E-state index contributed by atoms with van der Waals surface area (Å²) >= 11 is 0. The zero-order chi connectivity index (χ0) is 13.3. The molecule has 0 aliphatic rings. The van der Waals surface area contributed by atoms with Crippen LogP contribution in [0, 0.1) is 12.3 Å². The Morgan fingerprint density at radius 3 is 2.78 bits per heavy atom. The van der Waals surface area contributed by atoms with Crippen LogP contribution in [0.1, 0.15) is 19.7 Å². The van der Waals surface area contributed by atoms with Crippen molar-refractivity contribution in [3.05, 3.63) is 24.1 Å². The van der Waals surface area contributed by atoms with Crippen molar-refractivity contribution in [3.63, 3.8) is 0 Å². The molecule has 0 saturated carbocycles. The summed E-state index contributed by atoms with van der Waals surface area (Å²) < 4.78 is 5.48. The number of anilines is 1. The van der Waals surface area contributed by atoms with Crippen LogP contribution in [0.25, 0.3) is 11.1 Å². The molecule has 4 heteroatoms. The Morgan fingerprint density at radius 2 is 2.11 bits per heavy atom. The van der Waals surface area contributed by atoms with Gasteiger partial charge in [-0.3, -0.25) is 0 Å². The van der Waals surface area contributed by atoms with Crippen LogP contribution in [0.15, 0.2) is 22.6 Å². The van der Waals surface area contributed by atoms with E-state index in [-0.39, 0.29) is 5.41 Å². The van der Waals surface area contributed by atoms with Crippen LogP contribution in [-0.4, -0.2) is 25.1 Å². The zero-order valence-corrected chi connectivity index (χ0v) is 11.5. The highest BCUT2D eigenvalue weighted by molar-refractivity contribution is 5.77. The van der Waals surface area contributed by atoms with Gasteiger partial charge in [-0.2, -0.15) is 0 Å². The van der Waals surface area contributed by atoms with Crippen LogP contribution in [0.3, 0.4) is 0 Å². The number of oxazole rings is 1. The van der Waals surface area contributed by atoms with Crippen molar-refractivity contribution in [2.24, 2.45) is 11.1 Å². The van der Waals surface area contributed by atoms with E-state index in [9.17, 15) is 0 Å². The first-order valence-corrected chi connectivity index (χ1v) is 6.20. The lowest BCUT2D eigenvalue weighted by Crippen LogP contribution is -2.36. The van der Waals surface area contributed by atoms with Crippen molar-refractivity contribution in [1.82, 2.24) is 4.98 Å². The molecule has 0 unspecified atom stereocenters. The van der Waals surface area contributed by atoms with Gasteiger partial charge in [-0.25, -0.2) is 4.98 Å². The van der Waals surface area contributed by atoms with Gasteiger partial charge in [0.15, 0.2) is 11.5 Å². The molecule has 1 aromatic carbocycles. The van der Waals surface area contributed by atoms with Gasteiger partial charge >= 0.3 is 0 Å². The van der Waals surface area contributed by atoms with Gasteiger partial charge in [0.05, 0.1) is 0 Å². The summed E-state index contributed by atoms with van der Waals surface area (Å²) in [6.07, 6.45) is 0. The number of fused-ring (bicyclic) bond motifs is 1. The van der Waals surface area contributed by atoms with E-state index in [0.29, 0.717) is 12.4 Å². The van der Waals surface area contributed by atoms with Gasteiger partial charge in [0.1, 0.15) is 5.52 Å². The fourth-order valence-electron chi connectivity index (χ4n) is 2.07. The summed E-state index contributed by atoms with van der Waals surface area (Å²) in [4.78, 5) is 6.56. The summed E-state index contributed by atoms with van der Waals surface area (Å²) in [7, 11) is 2.07. The molecule has 2 rings (SSSR count). The minimum absolute atomic E-state index is 0.101. The summed E-state index contributed by atoms with van der Waals surface area (Å²) in [6.45, 7) is 7.78. The van der Waals surface area contributed by atoms with Crippen LogP contribution in [-0.2, 0) is 0 Å². The molecule has 18 heavy (non-hydrogen) atoms. The fourth-order valence-corrected chi connectivity index (χ4v) is 2.07. The number of aromatic nitrogens is 1. The van der Waals surface area contributed by atoms with E-state index < -0.39 is 0 Å². The van der Waals surface area contributed by atoms with E-state index in [2.05, 4.69) is 42.9 Å². The summed E-state index contributed by atoms with van der Waals surface area (Å²) in [5, 5.41) is 0. The van der Waals surface area contributed by atoms with Crippen molar-refractivity contribution in [3.8, 4) is 0 Å². The van der Waals surface area contributed by atoms with E-state index >= 15 is 0 Å². The molecule has 0 fully saturated rings. The first-order valence-electron chi connectivity index (χ1n) is 6.20. The van der Waals surface area contributed by atoms with Crippen LogP contribution in [0.2, 0.25) is 0 Å². The predicted molar refractivity (Wildman–Crippen MR) is 74.9 cm³/mol. The molecule has 1 heterocycles. The van der Waals surface area contributed by atoms with E-state index in [4.69, 9.17) is 10.2 Å². The van der Waals surface area contributed by atoms with E-state index in [1.54, 1.807) is 0 Å². The largest absolute Gasteiger partial charge is 0.441 e. The van der Waals surface area contributed by atoms with Gasteiger partial charge in [0.25, 0.3) is 0 Å². The molecular weight excluding hydrogens is 226 g/mol. The Labute approximate surface area is 108 Å². The Bertz CT molecular complexity index is 545. The second-order valence-electron chi connectivity index (χ2n) is 5.61. The predicted octanol–water partition coefficient (Wildman–Crippen LogP) is 2.56. The first kappa shape index (κ1) is 12.9. The van der Waals surface area contributed by atoms with Gasteiger partial charge in [0, 0.05) is 26.2 Å². The second kappa shape index (κ2) is 4.61. The highest BCUT2D eigenvalue weighted by Crippen LogP contribution is 2.24. The standard InChI is InChI=1S/C14H21N3O/c1-10-16-12-7-11(5-6-13(12)18-10)17(4)9-14(2,3)8-15/h5-7H,8-9,15H2,1-4H3. The zero-order valence-electron chi connectivity index (χ0n) is 11.5. The summed E-state index contributed by atoms with van der Waals surface area (Å²) in [5.74, 6) is 0.701. The highest BCUT2D eigenvalue weighted by Gasteiger charge is 2.18. The molecule has 0 radical (unpaired) electrons. The lowest BCUT2D eigenvalue weighted by molar-refractivity contribution is 0.385. The Morgan fingerprint density at radius 1 is 1.39 bits per heavy atom. The average molecular weight is 247 g/mol. The molecule has 4 nitrogen and oxygen atoms in total. The quantitative estimate of drug-likeness (QED) is 0.902. The Kier molecular flexibility index (Phi) is 3.30. The summed E-state index contributed by atoms with van der Waals surface area (Å²) in [5.41, 5.74) is 8.75. The van der Waals surface area contributed by atoms with Gasteiger partial charge in [-0.05, 0) is 30.2 Å². The molecule has 0 saturated heterocycles. The lowest BCUT2D eigenvalue weighted by Gasteiger charge is -2.30. The fraction of sp³-hybridized carbons (Fsp3) is 0.500. The van der Waals surface area contributed by atoms with E-state index in [0.717, 1.165) is 23.3 Å². The van der Waals surface area contributed by atoms with Gasteiger partial charge in [-0.1, -0.05) is 13.8 Å². The third-order valence-electron chi connectivity index (χ3n) is 3.14. The van der Waals surface area contributed by atoms with E-state index in [1.807, 2.05) is 13.0 Å². The molecule has 1 aromatic heterocycles. The maximum absolute atomic E-state index is 5.77. The topological polar surface area (TPSA) is 55.3 Å². The van der Waals surface area contributed by atoms with Crippen molar-refractivity contribution >= 4 is 16.8 Å². The van der Waals surface area contributed by atoms with Gasteiger partial charge in [-0.15, -0.1) is 0 Å². The number of nitrogens with two attached hydrogens (primary N) is 1. The Hall–Kier alpha value is -1.55. The first-order chi connectivity index (χ1) is 8.41. The lowest BCUT2D eigenvalue weighted by atomic mass is 9.93. The number of hydrogen-bond donors (Lipinski definition) is 1. The molecule has 0 aliphatic carbocycles. The van der Waals surface area contributed by atoms with Crippen molar-refractivity contribution in [2.75, 3.05) is 25.0 Å². The maximum Gasteiger partial charge on any atom is 0.192 e. The van der Waals surface area contributed by atoms with Crippen molar-refractivity contribution in [1.29, 1.82) is 0 Å². The van der Waals surface area contributed by atoms with Crippen LogP contribution < -0.4 is 10.6 Å². The number of benzene rings is 1. The minimum Gasteiger partial charge on any atom is -0.441 e. The number of aryl methyl sites for hydroxylation is 1. The third-order valence-corrected chi connectivity index (χ3v) is 3.14. The van der Waals surface area contributed by atoms with Gasteiger partial charge in [0.2, 0.25) is 0 Å². The number of nitrogens with zero attached hydrogens (tertiary/aromatic N) is 2. The maximum atomic E-state index is 5.77. The smallest absolute Gasteiger partial charge is 0.192 e. The molecule has 2 aromatic rings. The normalized spacial score (nSPS) is 12.1. The van der Waals surface area contributed by atoms with Crippen LogP contribution in [0.4, 0.5) is 5.69 Å². The molecule has 0 atom stereocenters. The van der Waals surface area contributed by atoms with Gasteiger partial charge < -0.3 is 15.1 Å². The number of rotatable bonds is 4. The minimum atomic E-state index is 0.101. The molecule has 0 spiro atoms. The molecule has 2 N–H and O–H groups in total. The van der Waals surface area contributed by atoms with Crippen molar-refractivity contribution < 1.29 is 4.42 Å². The molecule has 0 bridgehead atoms. The van der Waals surface area contributed by atoms with Crippen LogP contribution in [0.5, 0.6) is 0 Å². The molecule has 0 amide bonds. The van der Waals surface area contributed by atoms with E-state index in [1.165, 1.54) is 0 Å². The van der Waals surface area contributed by atoms with Crippen molar-refractivity contribution in [2.45, 2.75) is 20.8 Å². The third kappa shape index (κ3) is 2.64.